The van der Waals surface area contributed by atoms with Crippen molar-refractivity contribution in [2.75, 3.05) is 0 Å². The number of rotatable bonds is 1. The molecule has 1 heterocycles. The summed E-state index contributed by atoms with van der Waals surface area (Å²) in [5.41, 5.74) is 2.04. The van der Waals surface area contributed by atoms with Crippen molar-refractivity contribution in [1.82, 2.24) is 9.78 Å². The van der Waals surface area contributed by atoms with Crippen LogP contribution < -0.4 is 0 Å². The lowest BCUT2D eigenvalue weighted by molar-refractivity contribution is 0.0942. The fourth-order valence-electron chi connectivity index (χ4n) is 1.61. The van der Waals surface area contributed by atoms with E-state index in [0.29, 0.717) is 10.6 Å². The highest BCUT2D eigenvalue weighted by Gasteiger charge is 2.16. The van der Waals surface area contributed by atoms with Crippen LogP contribution in [0.2, 0.25) is 5.02 Å². The van der Waals surface area contributed by atoms with E-state index in [-0.39, 0.29) is 5.91 Å². The molecular weight excluding hydrogens is 304 g/mol. The minimum atomic E-state index is -0.220. The Morgan fingerprint density at radius 1 is 1.35 bits per heavy atom. The van der Waals surface area contributed by atoms with Gasteiger partial charge in [0, 0.05) is 10.2 Å². The second-order valence-corrected chi connectivity index (χ2v) is 5.09. The van der Waals surface area contributed by atoms with Crippen LogP contribution in [0, 0.1) is 13.8 Å². The Hall–Kier alpha value is -1.13. The van der Waals surface area contributed by atoms with Crippen molar-refractivity contribution in [2.45, 2.75) is 13.8 Å². The molecule has 0 N–H and O–H groups in total. The first-order chi connectivity index (χ1) is 7.99. The van der Waals surface area contributed by atoms with E-state index < -0.39 is 0 Å². The van der Waals surface area contributed by atoms with Crippen LogP contribution >= 0.6 is 27.5 Å². The summed E-state index contributed by atoms with van der Waals surface area (Å²) in [4.78, 5) is 12.2. The molecule has 1 aromatic carbocycles. The topological polar surface area (TPSA) is 34.9 Å². The molecule has 0 aliphatic heterocycles. The first-order valence-electron chi connectivity index (χ1n) is 5.02. The van der Waals surface area contributed by atoms with Gasteiger partial charge in [-0.3, -0.25) is 4.79 Å². The van der Waals surface area contributed by atoms with Gasteiger partial charge in [-0.05, 0) is 38.1 Å². The van der Waals surface area contributed by atoms with Crippen molar-refractivity contribution < 1.29 is 4.79 Å². The first kappa shape index (κ1) is 12.3. The fourth-order valence-corrected chi connectivity index (χ4v) is 2.17. The molecule has 3 nitrogen and oxygen atoms in total. The van der Waals surface area contributed by atoms with Crippen LogP contribution in [0.1, 0.15) is 21.7 Å². The number of nitrogens with zero attached hydrogens (tertiary/aromatic N) is 2. The molecule has 0 amide bonds. The summed E-state index contributed by atoms with van der Waals surface area (Å²) in [7, 11) is 0. The number of aryl methyl sites for hydroxylation is 2. The predicted octanol–water partition coefficient (Wildman–Crippen LogP) is 3.60. The minimum absolute atomic E-state index is 0.220. The van der Waals surface area contributed by atoms with E-state index in [1.54, 1.807) is 18.2 Å². The van der Waals surface area contributed by atoms with Crippen molar-refractivity contribution in [3.05, 3.63) is 50.7 Å². The number of aromatic nitrogens is 2. The Morgan fingerprint density at radius 2 is 2.06 bits per heavy atom. The fraction of sp³-hybridized carbons (Fsp3) is 0.167. The van der Waals surface area contributed by atoms with Gasteiger partial charge in [0.05, 0.1) is 16.3 Å². The summed E-state index contributed by atoms with van der Waals surface area (Å²) in [5.74, 6) is -0.220. The molecule has 0 unspecified atom stereocenters. The molecule has 88 valence electrons. The van der Waals surface area contributed by atoms with E-state index in [4.69, 9.17) is 11.6 Å². The lowest BCUT2D eigenvalue weighted by atomic mass is 10.2. The van der Waals surface area contributed by atoms with Crippen molar-refractivity contribution in [1.29, 1.82) is 0 Å². The molecule has 0 saturated heterocycles. The lowest BCUT2D eigenvalue weighted by Crippen LogP contribution is -2.15. The Bertz CT molecular complexity index is 592. The second kappa shape index (κ2) is 4.63. The summed E-state index contributed by atoms with van der Waals surface area (Å²) in [5, 5.41) is 4.57. The standard InChI is InChI=1S/C12H10BrClN2O/c1-7-5-8(2)16(15-7)12(17)10-6-9(13)3-4-11(10)14/h3-6H,1-2H3. The van der Waals surface area contributed by atoms with Gasteiger partial charge in [-0.1, -0.05) is 27.5 Å². The molecule has 1 aromatic heterocycles. The van der Waals surface area contributed by atoms with Gasteiger partial charge in [-0.2, -0.15) is 5.10 Å². The van der Waals surface area contributed by atoms with Crippen molar-refractivity contribution >= 4 is 33.4 Å². The SMILES string of the molecule is Cc1cc(C)n(C(=O)c2cc(Br)ccc2Cl)n1. The largest absolute Gasteiger partial charge is 0.279 e. The molecule has 0 radical (unpaired) electrons. The van der Waals surface area contributed by atoms with Gasteiger partial charge >= 0.3 is 0 Å². The van der Waals surface area contributed by atoms with Gasteiger partial charge in [-0.25, -0.2) is 4.68 Å². The van der Waals surface area contributed by atoms with Gasteiger partial charge < -0.3 is 0 Å². The van der Waals surface area contributed by atoms with E-state index in [1.165, 1.54) is 4.68 Å². The molecule has 0 spiro atoms. The third-order valence-corrected chi connectivity index (χ3v) is 3.18. The van der Waals surface area contributed by atoms with Crippen LogP contribution in [0.4, 0.5) is 0 Å². The zero-order valence-corrected chi connectivity index (χ0v) is 11.7. The number of hydrogen-bond donors (Lipinski definition) is 0. The third kappa shape index (κ3) is 2.42. The lowest BCUT2D eigenvalue weighted by Gasteiger charge is -2.05. The molecule has 0 aliphatic rings. The van der Waals surface area contributed by atoms with Crippen LogP contribution in [0.5, 0.6) is 0 Å². The van der Waals surface area contributed by atoms with Crippen molar-refractivity contribution in [3.63, 3.8) is 0 Å². The number of carbonyl (C=O) groups excluding carboxylic acids is 1. The Kier molecular flexibility index (Phi) is 3.35. The normalized spacial score (nSPS) is 10.6. The maximum Gasteiger partial charge on any atom is 0.279 e. The number of benzene rings is 1. The van der Waals surface area contributed by atoms with Crippen LogP contribution in [-0.4, -0.2) is 15.7 Å². The monoisotopic (exact) mass is 312 g/mol. The van der Waals surface area contributed by atoms with Crippen LogP contribution in [0.3, 0.4) is 0 Å². The molecular formula is C12H10BrClN2O. The van der Waals surface area contributed by atoms with Crippen molar-refractivity contribution in [3.8, 4) is 0 Å². The summed E-state index contributed by atoms with van der Waals surface area (Å²) in [6.07, 6.45) is 0. The maximum absolute atomic E-state index is 12.2. The van der Waals surface area contributed by atoms with Crippen LogP contribution in [0.15, 0.2) is 28.7 Å². The molecule has 2 rings (SSSR count). The molecule has 2 aromatic rings. The van der Waals surface area contributed by atoms with E-state index in [2.05, 4.69) is 21.0 Å². The van der Waals surface area contributed by atoms with E-state index in [1.807, 2.05) is 19.9 Å². The highest BCUT2D eigenvalue weighted by atomic mass is 79.9. The second-order valence-electron chi connectivity index (χ2n) is 3.77. The van der Waals surface area contributed by atoms with E-state index >= 15 is 0 Å². The number of hydrogen-bond acceptors (Lipinski definition) is 2. The van der Waals surface area contributed by atoms with E-state index in [9.17, 15) is 4.79 Å². The van der Waals surface area contributed by atoms with Gasteiger partial charge in [0.25, 0.3) is 5.91 Å². The van der Waals surface area contributed by atoms with Gasteiger partial charge in [0.1, 0.15) is 0 Å². The highest BCUT2D eigenvalue weighted by molar-refractivity contribution is 9.10. The van der Waals surface area contributed by atoms with Crippen molar-refractivity contribution in [2.24, 2.45) is 0 Å². The molecule has 17 heavy (non-hydrogen) atoms. The molecule has 0 bridgehead atoms. The van der Waals surface area contributed by atoms with Crippen LogP contribution in [0.25, 0.3) is 0 Å². The summed E-state index contributed by atoms with van der Waals surface area (Å²) in [6, 6.07) is 7.02. The molecule has 5 heteroatoms. The predicted molar refractivity (Wildman–Crippen MR) is 70.6 cm³/mol. The van der Waals surface area contributed by atoms with Gasteiger partial charge in [-0.15, -0.1) is 0 Å². The Balaban J connectivity index is 2.50. The summed E-state index contributed by atoms with van der Waals surface area (Å²) >= 11 is 9.34. The minimum Gasteiger partial charge on any atom is -0.267 e. The highest BCUT2D eigenvalue weighted by Crippen LogP contribution is 2.22. The van der Waals surface area contributed by atoms with Gasteiger partial charge in [0.15, 0.2) is 0 Å². The quantitative estimate of drug-likeness (QED) is 0.806. The molecule has 0 atom stereocenters. The molecule has 0 saturated carbocycles. The Labute approximate surface area is 113 Å². The van der Waals surface area contributed by atoms with E-state index in [0.717, 1.165) is 15.9 Å². The van der Waals surface area contributed by atoms with Gasteiger partial charge in [0.2, 0.25) is 0 Å². The summed E-state index contributed by atoms with van der Waals surface area (Å²) < 4.78 is 2.18. The first-order valence-corrected chi connectivity index (χ1v) is 6.19. The zero-order chi connectivity index (χ0) is 12.6. The molecule has 0 fully saturated rings. The number of halogens is 2. The maximum atomic E-state index is 12.2. The summed E-state index contributed by atoms with van der Waals surface area (Å²) in [6.45, 7) is 3.68. The average molecular weight is 314 g/mol. The Morgan fingerprint density at radius 3 is 2.65 bits per heavy atom. The third-order valence-electron chi connectivity index (χ3n) is 2.36. The van der Waals surface area contributed by atoms with Crippen LogP contribution in [-0.2, 0) is 0 Å². The average Bonchev–Trinajstić information content (AvgIpc) is 2.60. The number of carbonyl (C=O) groups is 1. The zero-order valence-electron chi connectivity index (χ0n) is 9.37. The molecule has 0 aliphatic carbocycles. The smallest absolute Gasteiger partial charge is 0.267 e.